The Kier molecular flexibility index (Phi) is 4.43. The summed E-state index contributed by atoms with van der Waals surface area (Å²) in [5.74, 6) is -2.88. The van der Waals surface area contributed by atoms with E-state index < -0.39 is 32.9 Å². The summed E-state index contributed by atoms with van der Waals surface area (Å²) in [6, 6.07) is 8.60. The first-order valence-electron chi connectivity index (χ1n) is 5.79. The van der Waals surface area contributed by atoms with Crippen molar-refractivity contribution in [1.29, 1.82) is 0 Å². The number of sulfone groups is 1. The Hall–Kier alpha value is -1.73. The molecule has 0 radical (unpaired) electrons. The van der Waals surface area contributed by atoms with Crippen LogP contribution >= 0.6 is 15.9 Å². The molecule has 0 heterocycles. The van der Waals surface area contributed by atoms with E-state index in [1.165, 1.54) is 24.3 Å². The van der Waals surface area contributed by atoms with Gasteiger partial charge in [0, 0.05) is 4.47 Å². The fraction of sp³-hybridized carbons (Fsp3) is 0.0714. The number of ketones is 1. The van der Waals surface area contributed by atoms with E-state index in [0.29, 0.717) is 4.47 Å². The normalized spacial score (nSPS) is 11.3. The lowest BCUT2D eigenvalue weighted by molar-refractivity contribution is 0.101. The third kappa shape index (κ3) is 3.68. The minimum atomic E-state index is -3.86. The fourth-order valence-electron chi connectivity index (χ4n) is 1.71. The summed E-state index contributed by atoms with van der Waals surface area (Å²) in [5, 5.41) is 9.52. The van der Waals surface area contributed by atoms with Gasteiger partial charge in [-0.2, -0.15) is 0 Å². The Labute approximate surface area is 129 Å². The van der Waals surface area contributed by atoms with Gasteiger partial charge in [-0.3, -0.25) is 4.79 Å². The van der Waals surface area contributed by atoms with Crippen LogP contribution in [0.1, 0.15) is 10.4 Å². The summed E-state index contributed by atoms with van der Waals surface area (Å²) in [6.45, 7) is 0. The van der Waals surface area contributed by atoms with Crippen LogP contribution in [-0.2, 0) is 9.84 Å². The highest BCUT2D eigenvalue weighted by Gasteiger charge is 2.22. The van der Waals surface area contributed by atoms with Crippen molar-refractivity contribution in [1.82, 2.24) is 0 Å². The topological polar surface area (TPSA) is 71.4 Å². The zero-order chi connectivity index (χ0) is 15.6. The van der Waals surface area contributed by atoms with E-state index >= 15 is 0 Å². The van der Waals surface area contributed by atoms with Crippen molar-refractivity contribution >= 4 is 31.6 Å². The lowest BCUT2D eigenvalue weighted by atomic mass is 10.1. The molecule has 0 bridgehead atoms. The van der Waals surface area contributed by atoms with Crippen LogP contribution in [-0.4, -0.2) is 25.1 Å². The van der Waals surface area contributed by atoms with Crippen molar-refractivity contribution in [3.8, 4) is 5.75 Å². The molecule has 0 aliphatic rings. The number of phenols is 1. The third-order valence-electron chi connectivity index (χ3n) is 2.75. The van der Waals surface area contributed by atoms with E-state index in [4.69, 9.17) is 0 Å². The lowest BCUT2D eigenvalue weighted by Crippen LogP contribution is -2.16. The lowest BCUT2D eigenvalue weighted by Gasteiger charge is -2.06. The number of carbonyl (C=O) groups is 1. The van der Waals surface area contributed by atoms with Crippen LogP contribution in [0.4, 0.5) is 4.39 Å². The fourth-order valence-corrected chi connectivity index (χ4v) is 3.19. The van der Waals surface area contributed by atoms with Gasteiger partial charge in [0.25, 0.3) is 0 Å². The number of hydrogen-bond donors (Lipinski definition) is 1. The molecule has 2 rings (SSSR count). The van der Waals surface area contributed by atoms with Gasteiger partial charge in [0.05, 0.1) is 10.5 Å². The Bertz CT molecular complexity index is 785. The second-order valence-electron chi connectivity index (χ2n) is 4.30. The smallest absolute Gasteiger partial charge is 0.185 e. The summed E-state index contributed by atoms with van der Waals surface area (Å²) in [7, 11) is -3.86. The predicted molar refractivity (Wildman–Crippen MR) is 78.6 cm³/mol. The molecule has 0 aromatic heterocycles. The summed E-state index contributed by atoms with van der Waals surface area (Å²) in [4.78, 5) is 11.9. The molecule has 0 aliphatic heterocycles. The summed E-state index contributed by atoms with van der Waals surface area (Å²) in [5.41, 5.74) is -0.351. The molecule has 0 spiro atoms. The Morgan fingerprint density at radius 2 is 1.76 bits per heavy atom. The molecule has 2 aromatic rings. The van der Waals surface area contributed by atoms with Crippen LogP contribution < -0.4 is 0 Å². The molecule has 0 aliphatic carbocycles. The van der Waals surface area contributed by atoms with Crippen LogP contribution in [0.15, 0.2) is 51.8 Å². The van der Waals surface area contributed by atoms with Crippen LogP contribution in [0.25, 0.3) is 0 Å². The maximum Gasteiger partial charge on any atom is 0.185 e. The Morgan fingerprint density at radius 1 is 1.14 bits per heavy atom. The molecule has 0 atom stereocenters. The molecule has 0 saturated carbocycles. The maximum atomic E-state index is 13.1. The zero-order valence-electron chi connectivity index (χ0n) is 10.6. The quantitative estimate of drug-likeness (QED) is 0.837. The van der Waals surface area contributed by atoms with Crippen molar-refractivity contribution < 1.29 is 22.7 Å². The van der Waals surface area contributed by atoms with Gasteiger partial charge < -0.3 is 5.11 Å². The molecular weight excluding hydrogens is 363 g/mol. The molecule has 2 aromatic carbocycles. The third-order valence-corrected chi connectivity index (χ3v) is 4.91. The van der Waals surface area contributed by atoms with Crippen molar-refractivity contribution in [2.45, 2.75) is 4.90 Å². The van der Waals surface area contributed by atoms with Gasteiger partial charge in [0.1, 0.15) is 17.3 Å². The van der Waals surface area contributed by atoms with Crippen LogP contribution in [0.2, 0.25) is 0 Å². The van der Waals surface area contributed by atoms with Gasteiger partial charge in [-0.1, -0.05) is 15.9 Å². The number of halogens is 2. The average molecular weight is 373 g/mol. The Balaban J connectivity index is 2.30. The SMILES string of the molecule is O=C(CS(=O)(=O)c1ccc(Br)cc1)c1cc(F)ccc1O. The van der Waals surface area contributed by atoms with Crippen molar-refractivity contribution in [2.75, 3.05) is 5.75 Å². The highest BCUT2D eigenvalue weighted by molar-refractivity contribution is 9.10. The first kappa shape index (κ1) is 15.7. The number of benzene rings is 2. The molecule has 21 heavy (non-hydrogen) atoms. The van der Waals surface area contributed by atoms with Gasteiger partial charge in [-0.05, 0) is 42.5 Å². The Morgan fingerprint density at radius 3 is 2.38 bits per heavy atom. The molecule has 4 nitrogen and oxygen atoms in total. The molecular formula is C14H10BrFO4S. The van der Waals surface area contributed by atoms with Crippen molar-refractivity contribution in [3.63, 3.8) is 0 Å². The highest BCUT2D eigenvalue weighted by Crippen LogP contribution is 2.21. The number of hydrogen-bond acceptors (Lipinski definition) is 4. The van der Waals surface area contributed by atoms with Crippen molar-refractivity contribution in [3.05, 3.63) is 58.3 Å². The van der Waals surface area contributed by atoms with E-state index in [-0.39, 0.29) is 10.5 Å². The standard InChI is InChI=1S/C14H10BrFO4S/c15-9-1-4-11(5-2-9)21(19,20)8-14(18)12-7-10(16)3-6-13(12)17/h1-7,17H,8H2. The van der Waals surface area contributed by atoms with E-state index in [1.807, 2.05) is 0 Å². The maximum absolute atomic E-state index is 13.1. The number of Topliss-reactive ketones (excluding diaryl/α,β-unsaturated/α-hetero) is 1. The largest absolute Gasteiger partial charge is 0.507 e. The van der Waals surface area contributed by atoms with Crippen LogP contribution in [0.5, 0.6) is 5.75 Å². The van der Waals surface area contributed by atoms with Gasteiger partial charge in [0.2, 0.25) is 0 Å². The first-order chi connectivity index (χ1) is 9.79. The van der Waals surface area contributed by atoms with Gasteiger partial charge in [-0.25, -0.2) is 12.8 Å². The monoisotopic (exact) mass is 372 g/mol. The molecule has 7 heteroatoms. The van der Waals surface area contributed by atoms with Crippen molar-refractivity contribution in [2.24, 2.45) is 0 Å². The highest BCUT2D eigenvalue weighted by atomic mass is 79.9. The first-order valence-corrected chi connectivity index (χ1v) is 8.24. The molecule has 1 N–H and O–H groups in total. The van der Waals surface area contributed by atoms with Gasteiger partial charge in [0.15, 0.2) is 15.6 Å². The second-order valence-corrected chi connectivity index (χ2v) is 7.20. The van der Waals surface area contributed by atoms with Gasteiger partial charge in [-0.15, -0.1) is 0 Å². The van der Waals surface area contributed by atoms with E-state index in [2.05, 4.69) is 15.9 Å². The molecule has 110 valence electrons. The van der Waals surface area contributed by atoms with Gasteiger partial charge >= 0.3 is 0 Å². The summed E-state index contributed by atoms with van der Waals surface area (Å²) in [6.07, 6.45) is 0. The van der Waals surface area contributed by atoms with Crippen LogP contribution in [0.3, 0.4) is 0 Å². The molecule has 0 amide bonds. The minimum Gasteiger partial charge on any atom is -0.507 e. The summed E-state index contributed by atoms with van der Waals surface area (Å²) >= 11 is 3.18. The summed E-state index contributed by atoms with van der Waals surface area (Å²) < 4.78 is 38.0. The predicted octanol–water partition coefficient (Wildman–Crippen LogP) is 2.95. The van der Waals surface area contributed by atoms with Crippen LogP contribution in [0, 0.1) is 5.82 Å². The number of rotatable bonds is 4. The second kappa shape index (κ2) is 5.95. The zero-order valence-corrected chi connectivity index (χ0v) is 13.0. The number of aromatic hydroxyl groups is 1. The number of carbonyl (C=O) groups excluding carboxylic acids is 1. The van der Waals surface area contributed by atoms with E-state index in [1.54, 1.807) is 0 Å². The number of phenolic OH excluding ortho intramolecular Hbond substituents is 1. The molecule has 0 saturated heterocycles. The average Bonchev–Trinajstić information content (AvgIpc) is 2.41. The minimum absolute atomic E-state index is 0.0186. The molecule has 0 unspecified atom stereocenters. The molecule has 0 fully saturated rings. The van der Waals surface area contributed by atoms with E-state index in [0.717, 1.165) is 18.2 Å². The van der Waals surface area contributed by atoms with E-state index in [9.17, 15) is 22.7 Å².